The topological polar surface area (TPSA) is 57.0 Å². The Bertz CT molecular complexity index is 831. The van der Waals surface area contributed by atoms with Crippen LogP contribution in [0.15, 0.2) is 41.0 Å². The van der Waals surface area contributed by atoms with Crippen LogP contribution in [0, 0.1) is 0 Å². The fourth-order valence-corrected chi connectivity index (χ4v) is 3.92. The molecule has 0 N–H and O–H groups in total. The number of hydrogen-bond acceptors (Lipinski definition) is 4. The Labute approximate surface area is 153 Å². The molecule has 1 atom stereocenters. The zero-order chi connectivity index (χ0) is 18.3. The first-order valence-electron chi connectivity index (χ1n) is 9.02. The van der Waals surface area contributed by atoms with Crippen LogP contribution in [0.5, 0.6) is 0 Å². The van der Waals surface area contributed by atoms with E-state index in [-0.39, 0.29) is 17.9 Å². The van der Waals surface area contributed by atoms with Crippen molar-refractivity contribution in [2.24, 2.45) is 0 Å². The van der Waals surface area contributed by atoms with E-state index in [1.165, 1.54) is 0 Å². The van der Waals surface area contributed by atoms with Crippen molar-refractivity contribution in [2.75, 3.05) is 30.4 Å². The minimum atomic E-state index is -0.0918. The van der Waals surface area contributed by atoms with Crippen LogP contribution in [0.1, 0.15) is 35.4 Å². The van der Waals surface area contributed by atoms with Gasteiger partial charge in [0.1, 0.15) is 11.8 Å². The van der Waals surface area contributed by atoms with E-state index < -0.39 is 0 Å². The second kappa shape index (κ2) is 6.52. The van der Waals surface area contributed by atoms with Crippen LogP contribution >= 0.6 is 0 Å². The molecule has 3 heterocycles. The zero-order valence-electron chi connectivity index (χ0n) is 15.1. The molecular formula is C20H23N3O3. The van der Waals surface area contributed by atoms with Crippen LogP contribution in [-0.2, 0) is 11.3 Å². The van der Waals surface area contributed by atoms with Gasteiger partial charge in [-0.1, -0.05) is 0 Å². The lowest BCUT2D eigenvalue weighted by atomic mass is 9.95. The number of carbonyl (C=O) groups excluding carboxylic acids is 2. The Hall–Kier alpha value is -2.76. The van der Waals surface area contributed by atoms with Crippen LogP contribution in [0.4, 0.5) is 11.4 Å². The lowest BCUT2D eigenvalue weighted by Gasteiger charge is -2.44. The Balaban J connectivity index is 1.62. The molecule has 136 valence electrons. The van der Waals surface area contributed by atoms with Crippen molar-refractivity contribution in [2.45, 2.75) is 31.8 Å². The average molecular weight is 353 g/mol. The van der Waals surface area contributed by atoms with Crippen molar-refractivity contribution in [3.8, 4) is 0 Å². The number of likely N-dealkylation sites (N-methyl/N-ethyl adjacent to an activating group) is 1. The first kappa shape index (κ1) is 16.7. The molecule has 1 aromatic carbocycles. The number of anilines is 2. The second-order valence-corrected chi connectivity index (χ2v) is 7.05. The summed E-state index contributed by atoms with van der Waals surface area (Å²) in [4.78, 5) is 31.0. The number of nitrogens with zero attached hydrogens (tertiary/aromatic N) is 3. The summed E-state index contributed by atoms with van der Waals surface area (Å²) in [5.41, 5.74) is 2.43. The number of furan rings is 1. The maximum absolute atomic E-state index is 12.8. The van der Waals surface area contributed by atoms with Gasteiger partial charge in [0.2, 0.25) is 5.91 Å². The molecule has 6 nitrogen and oxygen atoms in total. The van der Waals surface area contributed by atoms with Crippen LogP contribution in [0.3, 0.4) is 0 Å². The van der Waals surface area contributed by atoms with Gasteiger partial charge in [-0.05, 0) is 49.6 Å². The summed E-state index contributed by atoms with van der Waals surface area (Å²) in [6.45, 7) is 1.30. The predicted octanol–water partition coefficient (Wildman–Crippen LogP) is 2.89. The molecule has 0 bridgehead atoms. The van der Waals surface area contributed by atoms with Gasteiger partial charge >= 0.3 is 0 Å². The molecule has 2 aromatic rings. The molecule has 1 unspecified atom stereocenters. The number of carbonyl (C=O) groups is 2. The Kier molecular flexibility index (Phi) is 4.18. The van der Waals surface area contributed by atoms with Crippen molar-refractivity contribution >= 4 is 23.2 Å². The highest BCUT2D eigenvalue weighted by Crippen LogP contribution is 2.39. The van der Waals surface area contributed by atoms with Crippen molar-refractivity contribution in [1.82, 2.24) is 4.90 Å². The fraction of sp³-hybridized carbons (Fsp3) is 0.400. The molecule has 2 amide bonds. The van der Waals surface area contributed by atoms with E-state index in [2.05, 4.69) is 4.90 Å². The third-order valence-corrected chi connectivity index (χ3v) is 5.33. The van der Waals surface area contributed by atoms with E-state index >= 15 is 0 Å². The van der Waals surface area contributed by atoms with E-state index in [4.69, 9.17) is 4.42 Å². The normalized spacial score (nSPS) is 19.2. The molecule has 2 aliphatic rings. The lowest BCUT2D eigenvalue weighted by molar-refractivity contribution is -0.120. The van der Waals surface area contributed by atoms with Gasteiger partial charge in [-0.15, -0.1) is 0 Å². The molecule has 0 aliphatic carbocycles. The van der Waals surface area contributed by atoms with E-state index in [0.29, 0.717) is 12.1 Å². The first-order chi connectivity index (χ1) is 12.6. The van der Waals surface area contributed by atoms with Gasteiger partial charge in [0.05, 0.1) is 24.2 Å². The summed E-state index contributed by atoms with van der Waals surface area (Å²) >= 11 is 0. The Morgan fingerprint density at radius 3 is 2.88 bits per heavy atom. The summed E-state index contributed by atoms with van der Waals surface area (Å²) in [5.74, 6) is 0.763. The maximum Gasteiger partial charge on any atom is 0.254 e. The predicted molar refractivity (Wildman–Crippen MR) is 99.3 cm³/mol. The number of rotatable bonds is 3. The maximum atomic E-state index is 12.8. The van der Waals surface area contributed by atoms with E-state index in [9.17, 15) is 9.59 Å². The molecular weight excluding hydrogens is 330 g/mol. The molecule has 26 heavy (non-hydrogen) atoms. The summed E-state index contributed by atoms with van der Waals surface area (Å²) in [5, 5.41) is 0. The van der Waals surface area contributed by atoms with Gasteiger partial charge in [-0.3, -0.25) is 9.59 Å². The quantitative estimate of drug-likeness (QED) is 0.851. The minimum Gasteiger partial charge on any atom is -0.467 e. The smallest absolute Gasteiger partial charge is 0.254 e. The fourth-order valence-electron chi connectivity index (χ4n) is 3.92. The largest absolute Gasteiger partial charge is 0.467 e. The molecule has 1 fully saturated rings. The highest BCUT2D eigenvalue weighted by molar-refractivity contribution is 6.07. The molecule has 1 aromatic heterocycles. The van der Waals surface area contributed by atoms with Gasteiger partial charge in [0, 0.05) is 26.2 Å². The van der Waals surface area contributed by atoms with Crippen molar-refractivity contribution in [1.29, 1.82) is 0 Å². The lowest BCUT2D eigenvalue weighted by Crippen LogP contribution is -2.54. The van der Waals surface area contributed by atoms with Crippen molar-refractivity contribution in [3.05, 3.63) is 47.9 Å². The molecule has 2 aliphatic heterocycles. The van der Waals surface area contributed by atoms with Gasteiger partial charge < -0.3 is 19.1 Å². The van der Waals surface area contributed by atoms with Gasteiger partial charge in [-0.2, -0.15) is 0 Å². The average Bonchev–Trinajstić information content (AvgIpc) is 3.18. The van der Waals surface area contributed by atoms with Crippen LogP contribution in [0.2, 0.25) is 0 Å². The van der Waals surface area contributed by atoms with Crippen LogP contribution in [0.25, 0.3) is 0 Å². The minimum absolute atomic E-state index is 0.0653. The van der Waals surface area contributed by atoms with Gasteiger partial charge in [-0.25, -0.2) is 0 Å². The molecule has 0 radical (unpaired) electrons. The standard InChI is InChI=1S/C20H23N3O3/c1-21(13-15-6-5-11-26-15)19(24)14-8-9-16-18(12-14)22(2)20(25)17-7-3-4-10-23(16)17/h5-6,8-9,11-12,17H,3-4,7,10,13H2,1-2H3. The summed E-state index contributed by atoms with van der Waals surface area (Å²) in [7, 11) is 3.55. The number of hydrogen-bond donors (Lipinski definition) is 0. The monoisotopic (exact) mass is 353 g/mol. The third kappa shape index (κ3) is 2.75. The van der Waals surface area contributed by atoms with Crippen molar-refractivity contribution < 1.29 is 14.0 Å². The molecule has 0 spiro atoms. The Morgan fingerprint density at radius 2 is 2.12 bits per heavy atom. The van der Waals surface area contributed by atoms with Gasteiger partial charge in [0.25, 0.3) is 5.91 Å². The number of amides is 2. The SMILES string of the molecule is CN(Cc1ccco1)C(=O)c1ccc2c(c1)N(C)C(=O)C1CCCCN21. The van der Waals surface area contributed by atoms with Crippen LogP contribution in [-0.4, -0.2) is 43.4 Å². The number of benzene rings is 1. The summed E-state index contributed by atoms with van der Waals surface area (Å²) < 4.78 is 5.32. The van der Waals surface area contributed by atoms with Crippen molar-refractivity contribution in [3.63, 3.8) is 0 Å². The number of fused-ring (bicyclic) bond motifs is 3. The van der Waals surface area contributed by atoms with Crippen LogP contribution < -0.4 is 9.80 Å². The summed E-state index contributed by atoms with van der Waals surface area (Å²) in [6, 6.07) is 9.25. The number of piperidine rings is 1. The third-order valence-electron chi connectivity index (χ3n) is 5.33. The molecule has 0 saturated carbocycles. The highest BCUT2D eigenvalue weighted by atomic mass is 16.3. The van der Waals surface area contributed by atoms with E-state index in [1.54, 1.807) is 30.2 Å². The molecule has 1 saturated heterocycles. The molecule has 4 rings (SSSR count). The summed E-state index contributed by atoms with van der Waals surface area (Å²) in [6.07, 6.45) is 4.68. The Morgan fingerprint density at radius 1 is 1.27 bits per heavy atom. The van der Waals surface area contributed by atoms with E-state index in [1.807, 2.05) is 30.3 Å². The molecule has 6 heteroatoms. The van der Waals surface area contributed by atoms with E-state index in [0.717, 1.165) is 42.9 Å². The highest BCUT2D eigenvalue weighted by Gasteiger charge is 2.38. The zero-order valence-corrected chi connectivity index (χ0v) is 15.1. The first-order valence-corrected chi connectivity index (χ1v) is 9.02. The second-order valence-electron chi connectivity index (χ2n) is 7.05. The van der Waals surface area contributed by atoms with Gasteiger partial charge in [0.15, 0.2) is 0 Å².